The number of carbonyl (C=O) groups is 2. The van der Waals surface area contributed by atoms with Gasteiger partial charge >= 0.3 is 0 Å². The summed E-state index contributed by atoms with van der Waals surface area (Å²) in [4.78, 5) is 22.0. The van der Waals surface area contributed by atoms with Crippen LogP contribution in [0, 0.1) is 11.8 Å². The van der Waals surface area contributed by atoms with Crippen molar-refractivity contribution >= 4 is 11.6 Å². The first kappa shape index (κ1) is 7.45. The summed E-state index contributed by atoms with van der Waals surface area (Å²) in [5, 5.41) is 0. The third-order valence-corrected chi connectivity index (χ3v) is 2.22. The summed E-state index contributed by atoms with van der Waals surface area (Å²) in [6, 6.07) is 0. The second-order valence-electron chi connectivity index (χ2n) is 3.03. The van der Waals surface area contributed by atoms with Crippen LogP contribution < -0.4 is 0 Å². The van der Waals surface area contributed by atoms with Crippen molar-refractivity contribution in [1.29, 1.82) is 0 Å². The lowest BCUT2D eigenvalue weighted by Crippen LogP contribution is -2.31. The first-order valence-electron chi connectivity index (χ1n) is 3.69. The molecule has 0 heterocycles. The standard InChI is InChI=1S/C8H12O2/c1-5-3-4-7(9)6(2)8(5)10/h5-6H,3-4H2,1-2H3. The topological polar surface area (TPSA) is 34.1 Å². The Morgan fingerprint density at radius 1 is 1.30 bits per heavy atom. The summed E-state index contributed by atoms with van der Waals surface area (Å²) in [7, 11) is 0. The third kappa shape index (κ3) is 1.11. The Bertz CT molecular complexity index is 172. The number of carbonyl (C=O) groups excluding carboxylic acids is 2. The van der Waals surface area contributed by atoms with Crippen LogP contribution in [-0.4, -0.2) is 11.6 Å². The van der Waals surface area contributed by atoms with E-state index < -0.39 is 0 Å². The average molecular weight is 140 g/mol. The van der Waals surface area contributed by atoms with Gasteiger partial charge in [0.05, 0.1) is 5.92 Å². The fraction of sp³-hybridized carbons (Fsp3) is 0.750. The van der Waals surface area contributed by atoms with Crippen LogP contribution in [0.3, 0.4) is 0 Å². The molecule has 0 aromatic carbocycles. The van der Waals surface area contributed by atoms with E-state index in [0.29, 0.717) is 6.42 Å². The monoisotopic (exact) mass is 140 g/mol. The maximum Gasteiger partial charge on any atom is 0.145 e. The summed E-state index contributed by atoms with van der Waals surface area (Å²) in [5.74, 6) is 0.0100. The van der Waals surface area contributed by atoms with Gasteiger partial charge in [0, 0.05) is 12.3 Å². The van der Waals surface area contributed by atoms with Gasteiger partial charge in [0.2, 0.25) is 0 Å². The fourth-order valence-electron chi connectivity index (χ4n) is 1.30. The molecule has 0 bridgehead atoms. The molecule has 0 amide bonds. The first-order valence-corrected chi connectivity index (χ1v) is 3.69. The molecule has 1 fully saturated rings. The van der Waals surface area contributed by atoms with E-state index >= 15 is 0 Å². The highest BCUT2D eigenvalue weighted by Crippen LogP contribution is 2.21. The molecule has 2 heteroatoms. The van der Waals surface area contributed by atoms with Crippen LogP contribution in [0.25, 0.3) is 0 Å². The molecule has 0 aromatic heterocycles. The fourth-order valence-corrected chi connectivity index (χ4v) is 1.30. The second-order valence-corrected chi connectivity index (χ2v) is 3.03. The largest absolute Gasteiger partial charge is 0.299 e. The molecule has 10 heavy (non-hydrogen) atoms. The summed E-state index contributed by atoms with van der Waals surface area (Å²) in [6.07, 6.45) is 1.34. The van der Waals surface area contributed by atoms with Crippen LogP contribution in [0.5, 0.6) is 0 Å². The molecule has 2 nitrogen and oxygen atoms in total. The van der Waals surface area contributed by atoms with E-state index in [4.69, 9.17) is 0 Å². The van der Waals surface area contributed by atoms with Crippen LogP contribution in [-0.2, 0) is 9.59 Å². The van der Waals surface area contributed by atoms with Gasteiger partial charge in [-0.3, -0.25) is 9.59 Å². The molecule has 2 unspecified atom stereocenters. The van der Waals surface area contributed by atoms with Crippen molar-refractivity contribution in [3.63, 3.8) is 0 Å². The Morgan fingerprint density at radius 3 is 2.40 bits per heavy atom. The van der Waals surface area contributed by atoms with E-state index in [-0.39, 0.29) is 23.4 Å². The lowest BCUT2D eigenvalue weighted by molar-refractivity contribution is -0.137. The number of hydrogen-bond donors (Lipinski definition) is 0. The Morgan fingerprint density at radius 2 is 1.90 bits per heavy atom. The van der Waals surface area contributed by atoms with E-state index in [1.807, 2.05) is 6.92 Å². The molecule has 0 N–H and O–H groups in total. The predicted octanol–water partition coefficient (Wildman–Crippen LogP) is 1.19. The number of ketones is 2. The van der Waals surface area contributed by atoms with Crippen LogP contribution in [0.4, 0.5) is 0 Å². The molecule has 0 saturated heterocycles. The van der Waals surface area contributed by atoms with Gasteiger partial charge in [0.15, 0.2) is 0 Å². The molecular weight excluding hydrogens is 128 g/mol. The zero-order valence-electron chi connectivity index (χ0n) is 6.39. The summed E-state index contributed by atoms with van der Waals surface area (Å²) < 4.78 is 0. The van der Waals surface area contributed by atoms with E-state index in [1.54, 1.807) is 6.92 Å². The third-order valence-electron chi connectivity index (χ3n) is 2.22. The molecule has 0 aromatic rings. The van der Waals surface area contributed by atoms with Crippen molar-refractivity contribution in [2.75, 3.05) is 0 Å². The van der Waals surface area contributed by atoms with Gasteiger partial charge in [0.25, 0.3) is 0 Å². The van der Waals surface area contributed by atoms with Gasteiger partial charge in [-0.15, -0.1) is 0 Å². The minimum absolute atomic E-state index is 0.104. The molecule has 1 saturated carbocycles. The van der Waals surface area contributed by atoms with E-state index in [2.05, 4.69) is 0 Å². The Balaban J connectivity index is 2.70. The van der Waals surface area contributed by atoms with Crippen molar-refractivity contribution in [2.24, 2.45) is 11.8 Å². The molecular formula is C8H12O2. The van der Waals surface area contributed by atoms with Crippen molar-refractivity contribution in [3.8, 4) is 0 Å². The van der Waals surface area contributed by atoms with Gasteiger partial charge in [-0.2, -0.15) is 0 Å². The Kier molecular flexibility index (Phi) is 1.88. The second kappa shape index (κ2) is 2.52. The van der Waals surface area contributed by atoms with Gasteiger partial charge in [-0.25, -0.2) is 0 Å². The van der Waals surface area contributed by atoms with Gasteiger partial charge in [-0.05, 0) is 13.3 Å². The lowest BCUT2D eigenvalue weighted by atomic mass is 9.81. The van der Waals surface area contributed by atoms with Gasteiger partial charge in [-0.1, -0.05) is 6.92 Å². The Labute approximate surface area is 60.6 Å². The summed E-state index contributed by atoms with van der Waals surface area (Å²) >= 11 is 0. The molecule has 56 valence electrons. The molecule has 0 aliphatic heterocycles. The quantitative estimate of drug-likeness (QED) is 0.474. The van der Waals surface area contributed by atoms with Gasteiger partial charge < -0.3 is 0 Å². The van der Waals surface area contributed by atoms with Gasteiger partial charge in [0.1, 0.15) is 11.6 Å². The van der Waals surface area contributed by atoms with E-state index in [9.17, 15) is 9.59 Å². The highest BCUT2D eigenvalue weighted by atomic mass is 16.2. The van der Waals surface area contributed by atoms with Crippen LogP contribution >= 0.6 is 0 Å². The molecule has 1 aliphatic rings. The maximum atomic E-state index is 11.1. The van der Waals surface area contributed by atoms with Crippen LogP contribution in [0.1, 0.15) is 26.7 Å². The molecule has 0 radical (unpaired) electrons. The zero-order valence-corrected chi connectivity index (χ0v) is 6.39. The van der Waals surface area contributed by atoms with Crippen molar-refractivity contribution in [3.05, 3.63) is 0 Å². The number of Topliss-reactive ketones (excluding diaryl/α,β-unsaturated/α-hetero) is 2. The molecule has 1 rings (SSSR count). The highest BCUT2D eigenvalue weighted by molar-refractivity contribution is 6.04. The smallest absolute Gasteiger partial charge is 0.145 e. The summed E-state index contributed by atoms with van der Waals surface area (Å²) in [6.45, 7) is 3.60. The average Bonchev–Trinajstić information content (AvgIpc) is 1.93. The summed E-state index contributed by atoms with van der Waals surface area (Å²) in [5.41, 5.74) is 0. The minimum atomic E-state index is -0.330. The Hall–Kier alpha value is -0.660. The maximum absolute atomic E-state index is 11.1. The molecule has 1 aliphatic carbocycles. The van der Waals surface area contributed by atoms with Crippen LogP contribution in [0.2, 0.25) is 0 Å². The highest BCUT2D eigenvalue weighted by Gasteiger charge is 2.30. The normalized spacial score (nSPS) is 34.6. The lowest BCUT2D eigenvalue weighted by Gasteiger charge is -2.20. The van der Waals surface area contributed by atoms with Crippen molar-refractivity contribution < 1.29 is 9.59 Å². The van der Waals surface area contributed by atoms with Crippen LogP contribution in [0.15, 0.2) is 0 Å². The number of rotatable bonds is 0. The number of hydrogen-bond acceptors (Lipinski definition) is 2. The van der Waals surface area contributed by atoms with Crippen molar-refractivity contribution in [2.45, 2.75) is 26.7 Å². The molecule has 0 spiro atoms. The van der Waals surface area contributed by atoms with E-state index in [0.717, 1.165) is 6.42 Å². The van der Waals surface area contributed by atoms with Crippen molar-refractivity contribution in [1.82, 2.24) is 0 Å². The van der Waals surface area contributed by atoms with E-state index in [1.165, 1.54) is 0 Å². The SMILES string of the molecule is CC1CCC(=O)C(C)C1=O. The predicted molar refractivity (Wildman–Crippen MR) is 37.6 cm³/mol. The minimum Gasteiger partial charge on any atom is -0.299 e. The zero-order chi connectivity index (χ0) is 7.72. The first-order chi connectivity index (χ1) is 4.63. The molecule has 2 atom stereocenters.